The van der Waals surface area contributed by atoms with Gasteiger partial charge < -0.3 is 5.32 Å². The second-order valence-corrected chi connectivity index (χ2v) is 4.43. The zero-order valence-corrected chi connectivity index (χ0v) is 11.2. The molecule has 7 heteroatoms. The molecule has 22 heavy (non-hydrogen) atoms. The summed E-state index contributed by atoms with van der Waals surface area (Å²) in [7, 11) is 0. The number of amides is 1. The lowest BCUT2D eigenvalue weighted by Gasteiger charge is -2.07. The van der Waals surface area contributed by atoms with Gasteiger partial charge in [0.2, 0.25) is 0 Å². The van der Waals surface area contributed by atoms with E-state index < -0.39 is 17.5 Å². The van der Waals surface area contributed by atoms with Gasteiger partial charge >= 0.3 is 0 Å². The summed E-state index contributed by atoms with van der Waals surface area (Å²) in [5.41, 5.74) is 0.000667. The molecule has 0 unspecified atom stereocenters. The first-order valence-corrected chi connectivity index (χ1v) is 6.36. The molecule has 0 aliphatic rings. The maximum atomic E-state index is 13.5. The summed E-state index contributed by atoms with van der Waals surface area (Å²) in [6.07, 6.45) is 4.66. The standard InChI is InChI=1S/C15H10F2N4O/c16-11-3-4-12(17)13(8-11)20-15(22)10-2-5-14(18-9-10)21-7-1-6-19-21/h1-9H,(H,20,22). The molecule has 2 aromatic heterocycles. The molecule has 1 aromatic carbocycles. The van der Waals surface area contributed by atoms with Crippen molar-refractivity contribution in [1.29, 1.82) is 0 Å². The first-order valence-electron chi connectivity index (χ1n) is 6.36. The van der Waals surface area contributed by atoms with E-state index in [0.717, 1.165) is 18.2 Å². The van der Waals surface area contributed by atoms with Crippen molar-refractivity contribution >= 4 is 11.6 Å². The van der Waals surface area contributed by atoms with Gasteiger partial charge in [-0.15, -0.1) is 0 Å². The molecule has 5 nitrogen and oxygen atoms in total. The van der Waals surface area contributed by atoms with Crippen molar-refractivity contribution in [3.63, 3.8) is 0 Å². The summed E-state index contributed by atoms with van der Waals surface area (Å²) in [6.45, 7) is 0. The highest BCUT2D eigenvalue weighted by Crippen LogP contribution is 2.16. The predicted molar refractivity (Wildman–Crippen MR) is 75.7 cm³/mol. The summed E-state index contributed by atoms with van der Waals surface area (Å²) in [6, 6.07) is 7.71. The average molecular weight is 300 g/mol. The predicted octanol–water partition coefficient (Wildman–Crippen LogP) is 2.80. The highest BCUT2D eigenvalue weighted by atomic mass is 19.1. The van der Waals surface area contributed by atoms with Crippen LogP contribution < -0.4 is 5.32 Å². The number of anilines is 1. The van der Waals surface area contributed by atoms with Crippen LogP contribution in [-0.4, -0.2) is 20.7 Å². The Morgan fingerprint density at radius 3 is 2.73 bits per heavy atom. The number of nitrogens with one attached hydrogen (secondary N) is 1. The molecule has 1 N–H and O–H groups in total. The molecule has 1 amide bonds. The topological polar surface area (TPSA) is 59.8 Å². The maximum Gasteiger partial charge on any atom is 0.257 e. The molecule has 0 saturated heterocycles. The first-order chi connectivity index (χ1) is 10.6. The summed E-state index contributed by atoms with van der Waals surface area (Å²) in [5, 5.41) is 6.32. The van der Waals surface area contributed by atoms with Crippen molar-refractivity contribution < 1.29 is 13.6 Å². The third-order valence-corrected chi connectivity index (χ3v) is 2.93. The molecule has 0 aliphatic heterocycles. The number of carbonyl (C=O) groups excluding carboxylic acids is 1. The third-order valence-electron chi connectivity index (χ3n) is 2.93. The molecule has 110 valence electrons. The van der Waals surface area contributed by atoms with Crippen LogP contribution in [0.1, 0.15) is 10.4 Å². The third kappa shape index (κ3) is 2.83. The minimum Gasteiger partial charge on any atom is -0.319 e. The van der Waals surface area contributed by atoms with E-state index in [1.165, 1.54) is 16.9 Å². The van der Waals surface area contributed by atoms with Crippen LogP contribution in [-0.2, 0) is 0 Å². The van der Waals surface area contributed by atoms with Gasteiger partial charge in [0.15, 0.2) is 5.82 Å². The van der Waals surface area contributed by atoms with Gasteiger partial charge in [-0.25, -0.2) is 18.4 Å². The lowest BCUT2D eigenvalue weighted by molar-refractivity contribution is 0.102. The van der Waals surface area contributed by atoms with Gasteiger partial charge in [-0.2, -0.15) is 5.10 Å². The van der Waals surface area contributed by atoms with Gasteiger partial charge in [-0.1, -0.05) is 0 Å². The number of aromatic nitrogens is 3. The summed E-state index contributed by atoms with van der Waals surface area (Å²) < 4.78 is 28.1. The van der Waals surface area contributed by atoms with Crippen molar-refractivity contribution in [3.05, 3.63) is 72.2 Å². The summed E-state index contributed by atoms with van der Waals surface area (Å²) >= 11 is 0. The smallest absolute Gasteiger partial charge is 0.257 e. The number of hydrogen-bond donors (Lipinski definition) is 1. The minimum absolute atomic E-state index is 0.221. The molecule has 0 bridgehead atoms. The molecule has 3 rings (SSSR count). The minimum atomic E-state index is -0.712. The fraction of sp³-hybridized carbons (Fsp3) is 0. The monoisotopic (exact) mass is 300 g/mol. The Kier molecular flexibility index (Phi) is 3.61. The normalized spacial score (nSPS) is 10.5. The van der Waals surface area contributed by atoms with Crippen molar-refractivity contribution in [2.75, 3.05) is 5.32 Å². The Morgan fingerprint density at radius 2 is 2.05 bits per heavy atom. The average Bonchev–Trinajstić information content (AvgIpc) is 3.05. The van der Waals surface area contributed by atoms with Crippen LogP contribution in [0.2, 0.25) is 0 Å². The number of halogens is 2. The highest BCUT2D eigenvalue weighted by molar-refractivity contribution is 6.04. The molecular weight excluding hydrogens is 290 g/mol. The SMILES string of the molecule is O=C(Nc1cc(F)ccc1F)c1ccc(-n2cccn2)nc1. The van der Waals surface area contributed by atoms with E-state index in [4.69, 9.17) is 0 Å². The van der Waals surface area contributed by atoms with E-state index >= 15 is 0 Å². The number of carbonyl (C=O) groups is 1. The fourth-order valence-corrected chi connectivity index (χ4v) is 1.85. The van der Waals surface area contributed by atoms with E-state index in [0.29, 0.717) is 5.82 Å². The Bertz CT molecular complexity index is 801. The van der Waals surface area contributed by atoms with E-state index in [1.54, 1.807) is 24.5 Å². The van der Waals surface area contributed by atoms with E-state index in [-0.39, 0.29) is 11.3 Å². The van der Waals surface area contributed by atoms with Crippen LogP contribution in [0, 0.1) is 11.6 Å². The van der Waals surface area contributed by atoms with Crippen LogP contribution in [0.3, 0.4) is 0 Å². The van der Waals surface area contributed by atoms with Gasteiger partial charge in [0.25, 0.3) is 5.91 Å². The molecule has 0 atom stereocenters. The number of benzene rings is 1. The van der Waals surface area contributed by atoms with E-state index in [1.807, 2.05) is 0 Å². The Labute approximate surface area is 124 Å². The Hall–Kier alpha value is -3.09. The van der Waals surface area contributed by atoms with Gasteiger partial charge in [-0.05, 0) is 30.3 Å². The Balaban J connectivity index is 1.79. The quantitative estimate of drug-likeness (QED) is 0.809. The van der Waals surface area contributed by atoms with Crippen LogP contribution in [0.5, 0.6) is 0 Å². The van der Waals surface area contributed by atoms with E-state index in [2.05, 4.69) is 15.4 Å². The van der Waals surface area contributed by atoms with Gasteiger partial charge in [0.05, 0.1) is 11.3 Å². The molecule has 0 spiro atoms. The zero-order valence-electron chi connectivity index (χ0n) is 11.2. The second kappa shape index (κ2) is 5.72. The number of pyridine rings is 1. The number of nitrogens with zero attached hydrogens (tertiary/aromatic N) is 3. The van der Waals surface area contributed by atoms with Crippen molar-refractivity contribution in [3.8, 4) is 5.82 Å². The van der Waals surface area contributed by atoms with Crippen molar-refractivity contribution in [1.82, 2.24) is 14.8 Å². The second-order valence-electron chi connectivity index (χ2n) is 4.43. The van der Waals surface area contributed by atoms with Crippen molar-refractivity contribution in [2.24, 2.45) is 0 Å². The lowest BCUT2D eigenvalue weighted by Crippen LogP contribution is -2.14. The van der Waals surface area contributed by atoms with Gasteiger partial charge in [0, 0.05) is 24.7 Å². The molecule has 0 fully saturated rings. The van der Waals surface area contributed by atoms with Crippen LogP contribution in [0.15, 0.2) is 55.0 Å². The lowest BCUT2D eigenvalue weighted by atomic mass is 10.2. The largest absolute Gasteiger partial charge is 0.319 e. The van der Waals surface area contributed by atoms with Gasteiger partial charge in [-0.3, -0.25) is 4.79 Å². The molecule has 3 aromatic rings. The van der Waals surface area contributed by atoms with E-state index in [9.17, 15) is 13.6 Å². The molecule has 0 saturated carbocycles. The maximum absolute atomic E-state index is 13.5. The van der Waals surface area contributed by atoms with Crippen molar-refractivity contribution in [2.45, 2.75) is 0 Å². The molecule has 0 aliphatic carbocycles. The number of rotatable bonds is 3. The Morgan fingerprint density at radius 1 is 1.18 bits per heavy atom. The highest BCUT2D eigenvalue weighted by Gasteiger charge is 2.11. The van der Waals surface area contributed by atoms with Crippen LogP contribution >= 0.6 is 0 Å². The molecule has 0 radical (unpaired) electrons. The summed E-state index contributed by atoms with van der Waals surface area (Å²) in [5.74, 6) is -1.39. The molecular formula is C15H10F2N4O. The first kappa shape index (κ1) is 13.9. The van der Waals surface area contributed by atoms with Gasteiger partial charge in [0.1, 0.15) is 11.6 Å². The summed E-state index contributed by atoms with van der Waals surface area (Å²) in [4.78, 5) is 16.1. The van der Waals surface area contributed by atoms with Crippen LogP contribution in [0.25, 0.3) is 5.82 Å². The van der Waals surface area contributed by atoms with Crippen LogP contribution in [0.4, 0.5) is 14.5 Å². The zero-order chi connectivity index (χ0) is 15.5. The fourth-order valence-electron chi connectivity index (χ4n) is 1.85. The number of hydrogen-bond acceptors (Lipinski definition) is 3. The molecule has 2 heterocycles.